The first-order chi connectivity index (χ1) is 23.0. The lowest BCUT2D eigenvalue weighted by atomic mass is 9.95. The summed E-state index contributed by atoms with van der Waals surface area (Å²) in [5, 5.41) is 8.81. The summed E-state index contributed by atoms with van der Waals surface area (Å²) in [7, 11) is 5.25. The number of hydrogen-bond acceptors (Lipinski definition) is 7. The smallest absolute Gasteiger partial charge is 0.247 e. The van der Waals surface area contributed by atoms with Crippen LogP contribution >= 0.6 is 0 Å². The van der Waals surface area contributed by atoms with E-state index in [4.69, 9.17) is 9.47 Å². The van der Waals surface area contributed by atoms with Crippen molar-refractivity contribution < 1.29 is 28.7 Å². The van der Waals surface area contributed by atoms with Gasteiger partial charge in [0, 0.05) is 24.7 Å². The number of carbonyl (C=O) groups excluding carboxylic acids is 4. The van der Waals surface area contributed by atoms with E-state index >= 15 is 0 Å². The highest BCUT2D eigenvalue weighted by molar-refractivity contribution is 5.96. The Kier molecular flexibility index (Phi) is 12.6. The SMILES string of the molecule is CCC(C)[C@@H]1NC(=O)[C@@H]2[C@H](CCN2C(=O)[C@@H](NC(=O)[C@H](Cc2ccccc2)N(C)C)[C@@H](C)CC)Oc2ccc(OC)c(c2)/C=C\NC1=O. The van der Waals surface area contributed by atoms with Gasteiger partial charge < -0.3 is 30.3 Å². The lowest BCUT2D eigenvalue weighted by Gasteiger charge is -2.35. The number of rotatable bonds is 11. The van der Waals surface area contributed by atoms with Crippen molar-refractivity contribution in [2.24, 2.45) is 11.8 Å². The number of likely N-dealkylation sites (tertiary alicyclic amines) is 1. The molecule has 0 saturated carbocycles. The molecule has 2 aliphatic rings. The molecule has 4 amide bonds. The van der Waals surface area contributed by atoms with Gasteiger partial charge in [-0.3, -0.25) is 24.1 Å². The van der Waals surface area contributed by atoms with Crippen LogP contribution in [0.1, 0.15) is 58.1 Å². The molecule has 1 fully saturated rings. The van der Waals surface area contributed by atoms with Gasteiger partial charge in [0.25, 0.3) is 0 Å². The second kappa shape index (κ2) is 16.6. The molecule has 4 rings (SSSR count). The van der Waals surface area contributed by atoms with Crippen molar-refractivity contribution in [3.05, 3.63) is 65.9 Å². The lowest BCUT2D eigenvalue weighted by Crippen LogP contribution is -2.61. The molecule has 11 nitrogen and oxygen atoms in total. The molecule has 11 heteroatoms. The maximum atomic E-state index is 14.5. The molecule has 0 aromatic heterocycles. The van der Waals surface area contributed by atoms with Crippen molar-refractivity contribution in [2.45, 2.75) is 83.6 Å². The monoisotopic (exact) mass is 661 g/mol. The molecule has 0 spiro atoms. The molecule has 260 valence electrons. The topological polar surface area (TPSA) is 129 Å². The van der Waals surface area contributed by atoms with Crippen molar-refractivity contribution in [2.75, 3.05) is 27.7 Å². The molecule has 1 saturated heterocycles. The molecule has 2 aromatic carbocycles. The van der Waals surface area contributed by atoms with Crippen LogP contribution in [0.15, 0.2) is 54.7 Å². The summed E-state index contributed by atoms with van der Waals surface area (Å²) in [5.74, 6) is -0.779. The number of methoxy groups -OCH3 is 1. The number of ether oxygens (including phenoxy) is 2. The predicted molar refractivity (Wildman–Crippen MR) is 185 cm³/mol. The molecule has 0 aliphatic carbocycles. The minimum atomic E-state index is -1.03. The summed E-state index contributed by atoms with van der Waals surface area (Å²) in [6, 6.07) is 11.8. The summed E-state index contributed by atoms with van der Waals surface area (Å²) in [4.78, 5) is 59.3. The third-order valence-corrected chi connectivity index (χ3v) is 9.64. The van der Waals surface area contributed by atoms with Crippen molar-refractivity contribution in [1.82, 2.24) is 25.8 Å². The number of nitrogens with zero attached hydrogens (tertiary/aromatic N) is 2. The van der Waals surface area contributed by atoms with Crippen LogP contribution in [0.5, 0.6) is 11.5 Å². The Morgan fingerprint density at radius 1 is 1.06 bits per heavy atom. The van der Waals surface area contributed by atoms with E-state index in [0.29, 0.717) is 42.7 Å². The number of likely N-dealkylation sites (N-methyl/N-ethyl adjacent to an activating group) is 1. The van der Waals surface area contributed by atoms with Gasteiger partial charge in [-0.05, 0) is 62.2 Å². The molecule has 2 bridgehead atoms. The molecule has 3 N–H and O–H groups in total. The van der Waals surface area contributed by atoms with E-state index in [1.54, 1.807) is 31.4 Å². The van der Waals surface area contributed by atoms with Crippen LogP contribution in [0.3, 0.4) is 0 Å². The highest BCUT2D eigenvalue weighted by Gasteiger charge is 2.47. The Morgan fingerprint density at radius 2 is 1.79 bits per heavy atom. The molecule has 2 heterocycles. The number of benzene rings is 2. The Morgan fingerprint density at radius 3 is 2.44 bits per heavy atom. The first-order valence-electron chi connectivity index (χ1n) is 16.9. The summed E-state index contributed by atoms with van der Waals surface area (Å²) >= 11 is 0. The lowest BCUT2D eigenvalue weighted by molar-refractivity contribution is -0.145. The third-order valence-electron chi connectivity index (χ3n) is 9.64. The van der Waals surface area contributed by atoms with Crippen LogP contribution in [-0.4, -0.2) is 91.4 Å². The largest absolute Gasteiger partial charge is 0.496 e. The fourth-order valence-corrected chi connectivity index (χ4v) is 6.24. The van der Waals surface area contributed by atoms with E-state index in [1.807, 2.05) is 77.0 Å². The maximum absolute atomic E-state index is 14.5. The summed E-state index contributed by atoms with van der Waals surface area (Å²) in [6.07, 6.45) is 4.68. The molecular weight excluding hydrogens is 610 g/mol. The molecule has 1 unspecified atom stereocenters. The van der Waals surface area contributed by atoms with E-state index in [2.05, 4.69) is 16.0 Å². The van der Waals surface area contributed by atoms with Crippen molar-refractivity contribution >= 4 is 29.7 Å². The van der Waals surface area contributed by atoms with Crippen molar-refractivity contribution in [3.63, 3.8) is 0 Å². The summed E-state index contributed by atoms with van der Waals surface area (Å²) < 4.78 is 11.9. The van der Waals surface area contributed by atoms with Gasteiger partial charge in [-0.15, -0.1) is 0 Å². The second-order valence-corrected chi connectivity index (χ2v) is 13.1. The van der Waals surface area contributed by atoms with E-state index in [0.717, 1.165) is 5.56 Å². The fraction of sp³-hybridized carbons (Fsp3) is 0.514. The zero-order valence-corrected chi connectivity index (χ0v) is 29.2. The van der Waals surface area contributed by atoms with Gasteiger partial charge >= 0.3 is 0 Å². The Labute approximate surface area is 284 Å². The Hall–Kier alpha value is -4.38. The van der Waals surface area contributed by atoms with Crippen LogP contribution < -0.4 is 25.4 Å². The molecular formula is C37H51N5O6. The first kappa shape index (κ1) is 36.5. The molecule has 0 radical (unpaired) electrons. The van der Waals surface area contributed by atoms with Gasteiger partial charge in [0.1, 0.15) is 35.7 Å². The van der Waals surface area contributed by atoms with Crippen LogP contribution in [0.4, 0.5) is 0 Å². The minimum absolute atomic E-state index is 0.187. The van der Waals surface area contributed by atoms with Gasteiger partial charge in [-0.2, -0.15) is 0 Å². The highest BCUT2D eigenvalue weighted by Crippen LogP contribution is 2.31. The Bertz CT molecular complexity index is 1460. The second-order valence-electron chi connectivity index (χ2n) is 13.1. The van der Waals surface area contributed by atoms with Gasteiger partial charge in [0.2, 0.25) is 23.6 Å². The van der Waals surface area contributed by atoms with Gasteiger partial charge in [0.15, 0.2) is 0 Å². The predicted octanol–water partition coefficient (Wildman–Crippen LogP) is 3.38. The van der Waals surface area contributed by atoms with E-state index in [9.17, 15) is 19.2 Å². The zero-order chi connectivity index (χ0) is 35.0. The molecule has 48 heavy (non-hydrogen) atoms. The van der Waals surface area contributed by atoms with Crippen molar-refractivity contribution in [1.29, 1.82) is 0 Å². The van der Waals surface area contributed by atoms with Crippen LogP contribution in [0.2, 0.25) is 0 Å². The van der Waals surface area contributed by atoms with Gasteiger partial charge in [0.05, 0.1) is 13.2 Å². The summed E-state index contributed by atoms with van der Waals surface area (Å²) in [6.45, 7) is 7.99. The zero-order valence-electron chi connectivity index (χ0n) is 29.2. The average Bonchev–Trinajstić information content (AvgIpc) is 3.50. The van der Waals surface area contributed by atoms with Crippen LogP contribution in [-0.2, 0) is 25.6 Å². The number of amides is 4. The summed E-state index contributed by atoms with van der Waals surface area (Å²) in [5.41, 5.74) is 1.69. The first-order valence-corrected chi connectivity index (χ1v) is 16.9. The van der Waals surface area contributed by atoms with Gasteiger partial charge in [-0.25, -0.2) is 0 Å². The van der Waals surface area contributed by atoms with Crippen molar-refractivity contribution in [3.8, 4) is 11.5 Å². The fourth-order valence-electron chi connectivity index (χ4n) is 6.24. The van der Waals surface area contributed by atoms with Crippen LogP contribution in [0, 0.1) is 11.8 Å². The number of fused-ring (bicyclic) bond motifs is 3. The van der Waals surface area contributed by atoms with E-state index in [-0.39, 0.29) is 36.1 Å². The van der Waals surface area contributed by atoms with Crippen LogP contribution in [0.25, 0.3) is 6.08 Å². The highest BCUT2D eigenvalue weighted by atomic mass is 16.5. The Balaban J connectivity index is 1.68. The van der Waals surface area contributed by atoms with E-state index < -0.39 is 36.2 Å². The number of nitrogens with one attached hydrogen (secondary N) is 3. The molecule has 2 aliphatic heterocycles. The quantitative estimate of drug-likeness (QED) is 0.337. The number of carbonyl (C=O) groups is 4. The molecule has 2 aromatic rings. The van der Waals surface area contributed by atoms with E-state index in [1.165, 1.54) is 11.1 Å². The van der Waals surface area contributed by atoms with Gasteiger partial charge in [-0.1, -0.05) is 70.9 Å². The average molecular weight is 662 g/mol. The standard InChI is InChI=1S/C37H51N5O6/c1-8-23(3)31-35(44)38-19-17-26-22-27(15-16-29(26)47-7)48-30-18-20-42(33(30)36(45)39-31)37(46)32(24(4)9-2)40-34(43)28(41(5)6)21-25-13-11-10-12-14-25/h10-17,19,22-24,28,30-33H,8-9,18,20-21H2,1-7H3,(H,38,44)(H,39,45)(H,40,43)/b19-17-/t23?,24-,28-,30-,31-,32-,33-/m0/s1. The third kappa shape index (κ3) is 8.55. The normalized spacial score (nSPS) is 22.7. The maximum Gasteiger partial charge on any atom is 0.247 e. The number of hydrogen-bond donors (Lipinski definition) is 3. The molecule has 7 atom stereocenters. The minimum Gasteiger partial charge on any atom is -0.496 e.